The van der Waals surface area contributed by atoms with Crippen LogP contribution in [0.25, 0.3) is 22.4 Å². The summed E-state index contributed by atoms with van der Waals surface area (Å²) < 4.78 is 13.4. The van der Waals surface area contributed by atoms with E-state index in [1.807, 2.05) is 18.2 Å². The maximum Gasteiger partial charge on any atom is 0.123 e. The maximum absolute atomic E-state index is 13.4. The van der Waals surface area contributed by atoms with Gasteiger partial charge in [0.05, 0.1) is 11.8 Å². The van der Waals surface area contributed by atoms with E-state index in [1.165, 1.54) is 23.3 Å². The number of aryl methyl sites for hydroxylation is 2. The van der Waals surface area contributed by atoms with Crippen molar-refractivity contribution in [2.45, 2.75) is 25.9 Å². The molecule has 4 rings (SSSR count). The van der Waals surface area contributed by atoms with Crippen molar-refractivity contribution >= 4 is 0 Å². The second-order valence-electron chi connectivity index (χ2n) is 7.15. The second-order valence-corrected chi connectivity index (χ2v) is 7.15. The molecule has 0 fully saturated rings. The summed E-state index contributed by atoms with van der Waals surface area (Å²) in [5.74, 6) is -0.298. The minimum Gasteiger partial charge on any atom is -0.387 e. The van der Waals surface area contributed by atoms with Crippen LogP contribution >= 0.6 is 0 Å². The van der Waals surface area contributed by atoms with E-state index in [4.69, 9.17) is 0 Å². The van der Waals surface area contributed by atoms with Crippen LogP contribution in [0.2, 0.25) is 0 Å². The number of aromatic nitrogens is 3. The van der Waals surface area contributed by atoms with Crippen LogP contribution in [-0.2, 0) is 6.42 Å². The third kappa shape index (κ3) is 4.25. The molecule has 0 aliphatic carbocycles. The standard InChI is InChI=1S/C24H22FN3O/c1-16-3-2-4-17(15-16)5-10-21(29)24-22(18-11-13-26-14-12-18)23(27-28-24)19-6-8-20(25)9-7-19/h2-4,6-9,11-15,21,29H,5,10H2,1H3,(H,27,28). The number of aromatic amines is 1. The highest BCUT2D eigenvalue weighted by molar-refractivity contribution is 5.82. The molecule has 5 heteroatoms. The van der Waals surface area contributed by atoms with E-state index in [0.29, 0.717) is 17.8 Å². The molecule has 1 atom stereocenters. The molecule has 0 spiro atoms. The van der Waals surface area contributed by atoms with E-state index in [-0.39, 0.29) is 5.82 Å². The summed E-state index contributed by atoms with van der Waals surface area (Å²) in [4.78, 5) is 4.09. The Labute approximate surface area is 169 Å². The number of nitrogens with zero attached hydrogens (tertiary/aromatic N) is 2. The van der Waals surface area contributed by atoms with E-state index in [0.717, 1.165) is 23.1 Å². The normalized spacial score (nSPS) is 12.1. The first kappa shape index (κ1) is 19.0. The third-order valence-electron chi connectivity index (χ3n) is 5.00. The zero-order valence-electron chi connectivity index (χ0n) is 16.1. The van der Waals surface area contributed by atoms with Crippen LogP contribution in [0.3, 0.4) is 0 Å². The Kier molecular flexibility index (Phi) is 5.49. The van der Waals surface area contributed by atoms with Gasteiger partial charge >= 0.3 is 0 Å². The number of halogens is 1. The zero-order chi connectivity index (χ0) is 20.2. The molecule has 0 amide bonds. The summed E-state index contributed by atoms with van der Waals surface area (Å²) >= 11 is 0. The van der Waals surface area contributed by atoms with Crippen LogP contribution in [-0.4, -0.2) is 20.3 Å². The zero-order valence-corrected chi connectivity index (χ0v) is 16.1. The predicted octanol–water partition coefficient (Wildman–Crippen LogP) is 5.25. The average molecular weight is 387 g/mol. The molecule has 4 aromatic rings. The molecule has 1 unspecified atom stereocenters. The lowest BCUT2D eigenvalue weighted by atomic mass is 9.95. The average Bonchev–Trinajstić information content (AvgIpc) is 3.18. The first-order valence-electron chi connectivity index (χ1n) is 9.60. The number of aliphatic hydroxyl groups excluding tert-OH is 1. The van der Waals surface area contributed by atoms with Gasteiger partial charge < -0.3 is 5.11 Å². The van der Waals surface area contributed by atoms with Gasteiger partial charge in [0, 0.05) is 23.5 Å². The predicted molar refractivity (Wildman–Crippen MR) is 112 cm³/mol. The first-order valence-corrected chi connectivity index (χ1v) is 9.60. The SMILES string of the molecule is Cc1cccc(CCC(O)c2[nH]nc(-c3ccc(F)cc3)c2-c2ccncc2)c1. The Hall–Kier alpha value is -3.31. The Morgan fingerprint density at radius 1 is 1.00 bits per heavy atom. The van der Waals surface area contributed by atoms with Crippen LogP contribution in [0.5, 0.6) is 0 Å². The van der Waals surface area contributed by atoms with Crippen LogP contribution in [0.4, 0.5) is 4.39 Å². The molecule has 0 aliphatic heterocycles. The minimum absolute atomic E-state index is 0.298. The van der Waals surface area contributed by atoms with Gasteiger partial charge in [0.15, 0.2) is 0 Å². The lowest BCUT2D eigenvalue weighted by Gasteiger charge is -2.13. The highest BCUT2D eigenvalue weighted by atomic mass is 19.1. The fourth-order valence-electron chi connectivity index (χ4n) is 3.54. The Balaban J connectivity index is 1.68. The molecule has 4 nitrogen and oxygen atoms in total. The van der Waals surface area contributed by atoms with E-state index in [1.54, 1.807) is 24.5 Å². The van der Waals surface area contributed by atoms with Gasteiger partial charge in [0.2, 0.25) is 0 Å². The Morgan fingerprint density at radius 2 is 1.76 bits per heavy atom. The number of nitrogens with one attached hydrogen (secondary N) is 1. The number of H-pyrrole nitrogens is 1. The third-order valence-corrected chi connectivity index (χ3v) is 5.00. The van der Waals surface area contributed by atoms with Crippen LogP contribution in [0.15, 0.2) is 73.1 Å². The van der Waals surface area contributed by atoms with E-state index >= 15 is 0 Å². The van der Waals surface area contributed by atoms with E-state index < -0.39 is 6.10 Å². The maximum atomic E-state index is 13.4. The molecule has 0 radical (unpaired) electrons. The molecule has 0 bridgehead atoms. The van der Waals surface area contributed by atoms with Crippen LogP contribution in [0, 0.1) is 12.7 Å². The van der Waals surface area contributed by atoms with Gasteiger partial charge in [-0.15, -0.1) is 0 Å². The summed E-state index contributed by atoms with van der Waals surface area (Å²) in [6.45, 7) is 2.06. The molecule has 2 aromatic carbocycles. The van der Waals surface area contributed by atoms with Crippen molar-refractivity contribution in [2.75, 3.05) is 0 Å². The molecule has 2 heterocycles. The van der Waals surface area contributed by atoms with Gasteiger partial charge in [-0.1, -0.05) is 29.8 Å². The van der Waals surface area contributed by atoms with Crippen molar-refractivity contribution in [3.8, 4) is 22.4 Å². The first-order chi connectivity index (χ1) is 14.1. The number of hydrogen-bond donors (Lipinski definition) is 2. The van der Waals surface area contributed by atoms with Gasteiger partial charge in [-0.2, -0.15) is 5.10 Å². The highest BCUT2D eigenvalue weighted by Gasteiger charge is 2.22. The van der Waals surface area contributed by atoms with E-state index in [9.17, 15) is 9.50 Å². The lowest BCUT2D eigenvalue weighted by molar-refractivity contribution is 0.163. The molecule has 146 valence electrons. The van der Waals surface area contributed by atoms with Crippen molar-refractivity contribution < 1.29 is 9.50 Å². The van der Waals surface area contributed by atoms with Crippen molar-refractivity contribution in [3.05, 3.63) is 95.7 Å². The lowest BCUT2D eigenvalue weighted by Crippen LogP contribution is -2.02. The van der Waals surface area contributed by atoms with Crippen LogP contribution in [0.1, 0.15) is 29.3 Å². The van der Waals surface area contributed by atoms with Gasteiger partial charge in [-0.25, -0.2) is 4.39 Å². The van der Waals surface area contributed by atoms with E-state index in [2.05, 4.69) is 40.3 Å². The van der Waals surface area contributed by atoms with Crippen molar-refractivity contribution in [1.82, 2.24) is 15.2 Å². The molecular formula is C24H22FN3O. The quantitative estimate of drug-likeness (QED) is 0.475. The number of hydrogen-bond acceptors (Lipinski definition) is 3. The minimum atomic E-state index is -0.708. The molecule has 0 aliphatic rings. The number of rotatable bonds is 6. The van der Waals surface area contributed by atoms with Crippen molar-refractivity contribution in [3.63, 3.8) is 0 Å². The fourth-order valence-corrected chi connectivity index (χ4v) is 3.54. The summed E-state index contributed by atoms with van der Waals surface area (Å²) in [5, 5.41) is 18.4. The van der Waals surface area contributed by atoms with Crippen molar-refractivity contribution in [2.24, 2.45) is 0 Å². The largest absolute Gasteiger partial charge is 0.387 e. The fraction of sp³-hybridized carbons (Fsp3) is 0.167. The number of pyridine rings is 1. The summed E-state index contributed by atoms with van der Waals surface area (Å²) in [6, 6.07) is 18.3. The molecule has 2 N–H and O–H groups in total. The molecular weight excluding hydrogens is 365 g/mol. The topological polar surface area (TPSA) is 61.8 Å². The molecule has 0 saturated heterocycles. The Bertz CT molecular complexity index is 1090. The smallest absolute Gasteiger partial charge is 0.123 e. The van der Waals surface area contributed by atoms with Gasteiger partial charge in [-0.05, 0) is 67.3 Å². The molecule has 2 aromatic heterocycles. The molecule has 0 saturated carbocycles. The summed E-state index contributed by atoms with van der Waals surface area (Å²) in [5.41, 5.74) is 6.23. The van der Waals surface area contributed by atoms with Gasteiger partial charge in [-0.3, -0.25) is 10.1 Å². The molecule has 29 heavy (non-hydrogen) atoms. The summed E-state index contributed by atoms with van der Waals surface area (Å²) in [6.07, 6.45) is 4.02. The van der Waals surface area contributed by atoms with Crippen LogP contribution < -0.4 is 0 Å². The summed E-state index contributed by atoms with van der Waals surface area (Å²) in [7, 11) is 0. The van der Waals surface area contributed by atoms with Gasteiger partial charge in [0.25, 0.3) is 0 Å². The second kappa shape index (κ2) is 8.37. The van der Waals surface area contributed by atoms with Crippen molar-refractivity contribution in [1.29, 1.82) is 0 Å². The number of aliphatic hydroxyl groups is 1. The number of benzene rings is 2. The Morgan fingerprint density at radius 3 is 2.48 bits per heavy atom. The monoisotopic (exact) mass is 387 g/mol. The highest BCUT2D eigenvalue weighted by Crippen LogP contribution is 2.36. The van der Waals surface area contributed by atoms with Gasteiger partial charge in [0.1, 0.15) is 11.5 Å².